The van der Waals surface area contributed by atoms with E-state index >= 15 is 0 Å². The molecule has 256 valence electrons. The number of unbranched alkanes of at least 4 members (excludes halogenated alkanes) is 7. The van der Waals surface area contributed by atoms with Crippen LogP contribution in [0.25, 0.3) is 0 Å². The number of phenolic OH excluding ortho intramolecular Hbond substituents is 1. The Balaban J connectivity index is 1.09. The second-order valence-corrected chi connectivity index (χ2v) is 15.2. The number of aryl methyl sites for hydroxylation is 1. The number of likely N-dealkylation sites (tertiary alicyclic amines) is 1. The predicted octanol–water partition coefficient (Wildman–Crippen LogP) is 8.23. The van der Waals surface area contributed by atoms with E-state index in [-0.39, 0.29) is 23.5 Å². The zero-order valence-corrected chi connectivity index (χ0v) is 29.2. The Morgan fingerprint density at radius 3 is 2.53 bits per heavy atom. The maximum absolute atomic E-state index is 14.1. The highest BCUT2D eigenvalue weighted by molar-refractivity contribution is 5.77. The number of hydrogen-bond donors (Lipinski definition) is 1. The Morgan fingerprint density at radius 1 is 1.11 bits per heavy atom. The van der Waals surface area contributed by atoms with Crippen LogP contribution in [0.2, 0.25) is 0 Å². The number of ether oxygens (including phenoxy) is 2. The molecule has 2 aromatic carbocycles. The summed E-state index contributed by atoms with van der Waals surface area (Å²) in [7, 11) is 1.66. The summed E-state index contributed by atoms with van der Waals surface area (Å²) in [5.74, 6) is 2.83. The molecule has 2 aliphatic carbocycles. The van der Waals surface area contributed by atoms with Crippen LogP contribution in [0.1, 0.15) is 108 Å². The SMILES string of the molecule is C=CCN1CC[C@]23c4c5c(O)cc(OC)c4O[C@H]2[C@@H](N(CC(C)C)C(=O)CCCCCCCCCCc2ccccc2)CC[C@H]3[C@H]1C5. The summed E-state index contributed by atoms with van der Waals surface area (Å²) in [6.07, 6.45) is 17.2. The molecule has 5 atom stereocenters. The number of nitrogens with zero attached hydrogens (tertiary/aromatic N) is 2. The average molecular weight is 643 g/mol. The molecule has 2 bridgehead atoms. The number of aromatic hydroxyl groups is 1. The standard InChI is InChI=1S/C41H58N2O4/c1-5-24-42-25-23-41-32-21-22-33(40(41)47-39-36(46-4)27-35(44)31(38(39)41)26-34(32)42)43(28-29(2)3)37(45)20-16-11-9-7-6-8-10-13-17-30-18-14-12-15-19-30/h5,12,14-15,18-19,27,29,32-34,40,44H,1,6-11,13,16-17,20-26,28H2,2-4H3/t32-,33-,34+,40-,41-/m0/s1. The van der Waals surface area contributed by atoms with Crippen LogP contribution in [0.5, 0.6) is 17.2 Å². The molecule has 1 spiro atoms. The van der Waals surface area contributed by atoms with Gasteiger partial charge in [0.05, 0.1) is 13.2 Å². The molecule has 0 radical (unpaired) electrons. The first-order chi connectivity index (χ1) is 22.9. The number of benzene rings is 2. The van der Waals surface area contributed by atoms with Crippen LogP contribution in [-0.2, 0) is 23.1 Å². The fourth-order valence-corrected chi connectivity index (χ4v) is 9.78. The molecule has 4 aliphatic rings. The van der Waals surface area contributed by atoms with E-state index in [9.17, 15) is 9.90 Å². The summed E-state index contributed by atoms with van der Waals surface area (Å²) < 4.78 is 12.8. The molecule has 1 amide bonds. The molecule has 2 aliphatic heterocycles. The highest BCUT2D eigenvalue weighted by Crippen LogP contribution is 2.65. The van der Waals surface area contributed by atoms with Gasteiger partial charge in [0.2, 0.25) is 5.91 Å². The lowest BCUT2D eigenvalue weighted by Gasteiger charge is -2.60. The van der Waals surface area contributed by atoms with Crippen molar-refractivity contribution in [1.82, 2.24) is 9.80 Å². The lowest BCUT2D eigenvalue weighted by Crippen LogP contribution is -2.69. The maximum Gasteiger partial charge on any atom is 0.222 e. The Kier molecular flexibility index (Phi) is 10.9. The molecule has 2 fully saturated rings. The van der Waals surface area contributed by atoms with Gasteiger partial charge in [-0.2, -0.15) is 0 Å². The summed E-state index contributed by atoms with van der Waals surface area (Å²) in [5, 5.41) is 11.3. The van der Waals surface area contributed by atoms with E-state index in [1.54, 1.807) is 13.2 Å². The molecular formula is C41H58N2O4. The minimum absolute atomic E-state index is 0.0221. The smallest absolute Gasteiger partial charge is 0.222 e. The minimum atomic E-state index is -0.212. The molecule has 1 saturated carbocycles. The van der Waals surface area contributed by atoms with E-state index in [4.69, 9.17) is 9.47 Å². The first kappa shape index (κ1) is 33.9. The highest BCUT2D eigenvalue weighted by atomic mass is 16.5. The van der Waals surface area contributed by atoms with Crippen molar-refractivity contribution in [2.45, 2.75) is 127 Å². The number of methoxy groups -OCH3 is 1. The Labute approximate surface area is 283 Å². The molecule has 6 rings (SSSR count). The van der Waals surface area contributed by atoms with Crippen molar-refractivity contribution in [1.29, 1.82) is 0 Å². The quantitative estimate of drug-likeness (QED) is 0.139. The number of hydrogen-bond acceptors (Lipinski definition) is 5. The molecule has 0 aromatic heterocycles. The van der Waals surface area contributed by atoms with E-state index in [2.05, 4.69) is 60.6 Å². The molecule has 1 saturated heterocycles. The van der Waals surface area contributed by atoms with Crippen LogP contribution in [-0.4, -0.2) is 65.7 Å². The van der Waals surface area contributed by atoms with Crippen LogP contribution in [0, 0.1) is 11.8 Å². The average Bonchev–Trinajstić information content (AvgIpc) is 3.41. The van der Waals surface area contributed by atoms with Gasteiger partial charge in [-0.15, -0.1) is 6.58 Å². The Hall–Kier alpha value is -2.99. The number of amides is 1. The fourth-order valence-electron chi connectivity index (χ4n) is 9.78. The molecule has 2 heterocycles. The number of piperidine rings is 1. The molecule has 2 aromatic rings. The third-order valence-electron chi connectivity index (χ3n) is 11.8. The molecule has 6 nitrogen and oxygen atoms in total. The Bertz CT molecular complexity index is 1380. The molecule has 1 N–H and O–H groups in total. The minimum Gasteiger partial charge on any atom is -0.508 e. The van der Waals surface area contributed by atoms with E-state index in [0.29, 0.717) is 35.8 Å². The van der Waals surface area contributed by atoms with Gasteiger partial charge < -0.3 is 19.5 Å². The summed E-state index contributed by atoms with van der Waals surface area (Å²) in [4.78, 5) is 18.9. The predicted molar refractivity (Wildman–Crippen MR) is 189 cm³/mol. The first-order valence-corrected chi connectivity index (χ1v) is 18.7. The van der Waals surface area contributed by atoms with Crippen molar-refractivity contribution in [2.75, 3.05) is 26.7 Å². The zero-order valence-electron chi connectivity index (χ0n) is 29.2. The third-order valence-corrected chi connectivity index (χ3v) is 11.8. The van der Waals surface area contributed by atoms with E-state index in [0.717, 1.165) is 69.5 Å². The molecule has 6 heteroatoms. The normalized spacial score (nSPS) is 25.7. The highest BCUT2D eigenvalue weighted by Gasteiger charge is 2.67. The van der Waals surface area contributed by atoms with Crippen molar-refractivity contribution in [3.05, 3.63) is 65.7 Å². The van der Waals surface area contributed by atoms with Crippen LogP contribution in [0.4, 0.5) is 0 Å². The molecular weight excluding hydrogens is 584 g/mol. The van der Waals surface area contributed by atoms with Crippen LogP contribution < -0.4 is 9.47 Å². The zero-order chi connectivity index (χ0) is 33.0. The largest absolute Gasteiger partial charge is 0.508 e. The van der Waals surface area contributed by atoms with Gasteiger partial charge in [-0.25, -0.2) is 0 Å². The van der Waals surface area contributed by atoms with Crippen LogP contribution >= 0.6 is 0 Å². The summed E-state index contributed by atoms with van der Waals surface area (Å²) in [5.41, 5.74) is 3.44. The van der Waals surface area contributed by atoms with E-state index in [1.165, 1.54) is 56.1 Å². The summed E-state index contributed by atoms with van der Waals surface area (Å²) in [6, 6.07) is 12.9. The number of carbonyl (C=O) groups excluding carboxylic acids is 1. The van der Waals surface area contributed by atoms with Crippen LogP contribution in [0.3, 0.4) is 0 Å². The van der Waals surface area contributed by atoms with Gasteiger partial charge in [0, 0.05) is 48.2 Å². The van der Waals surface area contributed by atoms with Gasteiger partial charge >= 0.3 is 0 Å². The lowest BCUT2D eigenvalue weighted by molar-refractivity contribution is -0.143. The van der Waals surface area contributed by atoms with Gasteiger partial charge in [0.25, 0.3) is 0 Å². The van der Waals surface area contributed by atoms with Gasteiger partial charge in [0.1, 0.15) is 11.9 Å². The fraction of sp³-hybridized carbons (Fsp3) is 0.634. The van der Waals surface area contributed by atoms with Gasteiger partial charge in [0.15, 0.2) is 11.5 Å². The van der Waals surface area contributed by atoms with E-state index < -0.39 is 0 Å². The van der Waals surface area contributed by atoms with Crippen LogP contribution in [0.15, 0.2) is 49.1 Å². The topological polar surface area (TPSA) is 62.2 Å². The first-order valence-electron chi connectivity index (χ1n) is 18.7. The van der Waals surface area contributed by atoms with E-state index in [1.807, 2.05) is 6.08 Å². The van der Waals surface area contributed by atoms with Crippen molar-refractivity contribution in [3.8, 4) is 17.2 Å². The number of rotatable bonds is 17. The summed E-state index contributed by atoms with van der Waals surface area (Å²) >= 11 is 0. The van der Waals surface area contributed by atoms with Crippen molar-refractivity contribution in [2.24, 2.45) is 11.8 Å². The molecule has 47 heavy (non-hydrogen) atoms. The van der Waals surface area contributed by atoms with Crippen molar-refractivity contribution >= 4 is 5.91 Å². The van der Waals surface area contributed by atoms with Crippen molar-refractivity contribution in [3.63, 3.8) is 0 Å². The molecule has 0 unspecified atom stereocenters. The second-order valence-electron chi connectivity index (χ2n) is 15.2. The van der Waals surface area contributed by atoms with Crippen molar-refractivity contribution < 1.29 is 19.4 Å². The van der Waals surface area contributed by atoms with Gasteiger partial charge in [-0.05, 0) is 68.9 Å². The monoisotopic (exact) mass is 642 g/mol. The lowest BCUT2D eigenvalue weighted by atomic mass is 9.50. The number of carbonyl (C=O) groups is 1. The Morgan fingerprint density at radius 2 is 1.83 bits per heavy atom. The second kappa shape index (κ2) is 15.1. The third kappa shape index (κ3) is 6.69. The van der Waals surface area contributed by atoms with Gasteiger partial charge in [-0.3, -0.25) is 9.69 Å². The van der Waals surface area contributed by atoms with Gasteiger partial charge in [-0.1, -0.05) is 88.8 Å². The number of phenols is 1. The maximum atomic E-state index is 14.1. The summed E-state index contributed by atoms with van der Waals surface area (Å²) in [6.45, 7) is 11.1.